The summed E-state index contributed by atoms with van der Waals surface area (Å²) in [5.41, 5.74) is 2.54. The highest BCUT2D eigenvalue weighted by molar-refractivity contribution is 9.10. The minimum atomic E-state index is -0.492. The highest BCUT2D eigenvalue weighted by atomic mass is 79.9. The fourth-order valence-electron chi connectivity index (χ4n) is 3.19. The number of piperazine rings is 1. The molecule has 5 nitrogen and oxygen atoms in total. The van der Waals surface area contributed by atoms with E-state index in [1.165, 1.54) is 23.4 Å². The van der Waals surface area contributed by atoms with Gasteiger partial charge in [0.2, 0.25) is 0 Å². The molecule has 0 spiro atoms. The van der Waals surface area contributed by atoms with Gasteiger partial charge in [-0.25, -0.2) is 4.39 Å². The molecule has 1 heterocycles. The number of aryl methyl sites for hydroxylation is 1. The first-order valence-corrected chi connectivity index (χ1v) is 10.2. The van der Waals surface area contributed by atoms with E-state index in [4.69, 9.17) is 4.74 Å². The van der Waals surface area contributed by atoms with Gasteiger partial charge in [0.15, 0.2) is 18.2 Å². The van der Waals surface area contributed by atoms with E-state index in [0.717, 1.165) is 32.7 Å². The van der Waals surface area contributed by atoms with Gasteiger partial charge in [-0.15, -0.1) is 0 Å². The Hall–Kier alpha value is -2.12. The third kappa shape index (κ3) is 5.94. The summed E-state index contributed by atoms with van der Waals surface area (Å²) >= 11 is 3.19. The molecule has 28 heavy (non-hydrogen) atoms. The molecule has 1 aliphatic rings. The van der Waals surface area contributed by atoms with E-state index in [1.807, 2.05) is 0 Å². The van der Waals surface area contributed by atoms with Crippen molar-refractivity contribution in [1.29, 1.82) is 0 Å². The number of hydrogen-bond acceptors (Lipinski definition) is 4. The van der Waals surface area contributed by atoms with Crippen molar-refractivity contribution >= 4 is 27.5 Å². The highest BCUT2D eigenvalue weighted by Crippen LogP contribution is 2.21. The molecule has 150 valence electrons. The minimum absolute atomic E-state index is 0.0746. The first-order valence-electron chi connectivity index (χ1n) is 9.40. The van der Waals surface area contributed by atoms with Gasteiger partial charge in [0, 0.05) is 49.4 Å². The maximum atomic E-state index is 13.7. The molecule has 1 fully saturated rings. The second-order valence-corrected chi connectivity index (χ2v) is 7.80. The third-order valence-corrected chi connectivity index (χ3v) is 5.24. The van der Waals surface area contributed by atoms with Crippen molar-refractivity contribution < 1.29 is 13.9 Å². The second-order valence-electron chi connectivity index (χ2n) is 6.88. The fraction of sp³-hybridized carbons (Fsp3) is 0.381. The first kappa shape index (κ1) is 20.6. The Morgan fingerprint density at radius 3 is 2.68 bits per heavy atom. The fourth-order valence-corrected chi connectivity index (χ4v) is 3.53. The smallest absolute Gasteiger partial charge is 0.257 e. The Morgan fingerprint density at radius 2 is 1.96 bits per heavy atom. The highest BCUT2D eigenvalue weighted by Gasteiger charge is 2.17. The van der Waals surface area contributed by atoms with Gasteiger partial charge in [-0.1, -0.05) is 28.1 Å². The van der Waals surface area contributed by atoms with E-state index in [9.17, 15) is 9.18 Å². The van der Waals surface area contributed by atoms with Crippen molar-refractivity contribution in [2.75, 3.05) is 50.8 Å². The zero-order valence-corrected chi connectivity index (χ0v) is 17.5. The molecular weight excluding hydrogens is 425 g/mol. The van der Waals surface area contributed by atoms with Crippen LogP contribution < -0.4 is 15.0 Å². The number of hydrogen-bond donors (Lipinski definition) is 1. The first-order chi connectivity index (χ1) is 13.5. The number of nitrogens with one attached hydrogen (secondary N) is 1. The van der Waals surface area contributed by atoms with Crippen LogP contribution in [0.2, 0.25) is 0 Å². The van der Waals surface area contributed by atoms with Gasteiger partial charge < -0.3 is 15.0 Å². The standard InChI is InChI=1S/C21H25BrFN3O2/c1-16-3-2-4-18(13-16)26-11-9-25(10-12-26)8-7-24-21(27)15-28-20-6-5-17(22)14-19(20)23/h2-6,13-14H,7-12,15H2,1H3,(H,24,27). The molecule has 3 rings (SSSR count). The minimum Gasteiger partial charge on any atom is -0.481 e. The zero-order valence-electron chi connectivity index (χ0n) is 16.0. The van der Waals surface area contributed by atoms with Crippen LogP contribution in [0, 0.1) is 12.7 Å². The van der Waals surface area contributed by atoms with Gasteiger partial charge in [-0.05, 0) is 42.8 Å². The summed E-state index contributed by atoms with van der Waals surface area (Å²) in [6, 6.07) is 13.0. The molecule has 7 heteroatoms. The number of amides is 1. The molecule has 0 atom stereocenters. The lowest BCUT2D eigenvalue weighted by Crippen LogP contribution is -2.48. The maximum absolute atomic E-state index is 13.7. The lowest BCUT2D eigenvalue weighted by Gasteiger charge is -2.36. The van der Waals surface area contributed by atoms with Gasteiger partial charge in [0.05, 0.1) is 0 Å². The van der Waals surface area contributed by atoms with E-state index in [0.29, 0.717) is 11.0 Å². The molecule has 0 aromatic heterocycles. The average Bonchev–Trinajstić information content (AvgIpc) is 2.68. The summed E-state index contributed by atoms with van der Waals surface area (Å²) < 4.78 is 19.5. The second kappa shape index (κ2) is 9.89. The maximum Gasteiger partial charge on any atom is 0.257 e. The Bertz CT molecular complexity index is 810. The van der Waals surface area contributed by atoms with Gasteiger partial charge in [0.25, 0.3) is 5.91 Å². The van der Waals surface area contributed by atoms with Crippen molar-refractivity contribution in [1.82, 2.24) is 10.2 Å². The molecule has 1 amide bonds. The predicted molar refractivity (Wildman–Crippen MR) is 112 cm³/mol. The topological polar surface area (TPSA) is 44.8 Å². The van der Waals surface area contributed by atoms with E-state index < -0.39 is 5.82 Å². The molecule has 1 aliphatic heterocycles. The molecule has 1 N–H and O–H groups in total. The predicted octanol–water partition coefficient (Wildman–Crippen LogP) is 3.21. The molecule has 1 saturated heterocycles. The number of benzene rings is 2. The number of rotatable bonds is 7. The van der Waals surface area contributed by atoms with E-state index >= 15 is 0 Å². The molecule has 0 unspecified atom stereocenters. The molecule has 2 aromatic rings. The van der Waals surface area contributed by atoms with Crippen molar-refractivity contribution in [3.63, 3.8) is 0 Å². The quantitative estimate of drug-likeness (QED) is 0.704. The number of nitrogens with zero attached hydrogens (tertiary/aromatic N) is 2. The summed E-state index contributed by atoms with van der Waals surface area (Å²) in [5, 5.41) is 2.83. The van der Waals surface area contributed by atoms with E-state index in [-0.39, 0.29) is 18.3 Å². The van der Waals surface area contributed by atoms with Crippen molar-refractivity contribution in [2.45, 2.75) is 6.92 Å². The zero-order chi connectivity index (χ0) is 19.9. The van der Waals surface area contributed by atoms with Gasteiger partial charge >= 0.3 is 0 Å². The third-order valence-electron chi connectivity index (χ3n) is 4.74. The molecule has 0 aliphatic carbocycles. The molecule has 0 bridgehead atoms. The van der Waals surface area contributed by atoms with Crippen molar-refractivity contribution in [2.24, 2.45) is 0 Å². The normalized spacial score (nSPS) is 14.8. The number of carbonyl (C=O) groups is 1. The van der Waals surface area contributed by atoms with Crippen LogP contribution in [0.3, 0.4) is 0 Å². The molecular formula is C21H25BrFN3O2. The van der Waals surface area contributed by atoms with Crippen LogP contribution in [0.1, 0.15) is 5.56 Å². The van der Waals surface area contributed by atoms with Gasteiger partial charge in [-0.2, -0.15) is 0 Å². The van der Waals surface area contributed by atoms with Crippen molar-refractivity contribution in [3.8, 4) is 5.75 Å². The van der Waals surface area contributed by atoms with Gasteiger partial charge in [-0.3, -0.25) is 9.69 Å². The van der Waals surface area contributed by atoms with Crippen LogP contribution in [-0.4, -0.2) is 56.7 Å². The Kier molecular flexibility index (Phi) is 7.28. The lowest BCUT2D eigenvalue weighted by atomic mass is 10.2. The van der Waals surface area contributed by atoms with Crippen LogP contribution in [0.4, 0.5) is 10.1 Å². The Labute approximate surface area is 173 Å². The number of anilines is 1. The van der Waals surface area contributed by atoms with E-state index in [1.54, 1.807) is 6.07 Å². The summed E-state index contributed by atoms with van der Waals surface area (Å²) in [4.78, 5) is 16.6. The SMILES string of the molecule is Cc1cccc(N2CCN(CCNC(=O)COc3ccc(Br)cc3F)CC2)c1. The van der Waals surface area contributed by atoms with Crippen LogP contribution >= 0.6 is 15.9 Å². The summed E-state index contributed by atoms with van der Waals surface area (Å²) in [6.45, 7) is 7.13. The van der Waals surface area contributed by atoms with E-state index in [2.05, 4.69) is 62.2 Å². The molecule has 2 aromatic carbocycles. The Morgan fingerprint density at radius 1 is 1.18 bits per heavy atom. The number of carbonyl (C=O) groups excluding carboxylic acids is 1. The summed E-state index contributed by atoms with van der Waals surface area (Å²) in [7, 11) is 0. The monoisotopic (exact) mass is 449 g/mol. The average molecular weight is 450 g/mol. The van der Waals surface area contributed by atoms with Crippen molar-refractivity contribution in [3.05, 3.63) is 58.3 Å². The lowest BCUT2D eigenvalue weighted by molar-refractivity contribution is -0.123. The molecule has 0 saturated carbocycles. The van der Waals surface area contributed by atoms with Gasteiger partial charge in [0.1, 0.15) is 0 Å². The summed E-state index contributed by atoms with van der Waals surface area (Å²) in [5.74, 6) is -0.667. The Balaban J connectivity index is 1.34. The van der Waals surface area contributed by atoms with Crippen LogP contribution in [-0.2, 0) is 4.79 Å². The molecule has 0 radical (unpaired) electrons. The largest absolute Gasteiger partial charge is 0.481 e. The van der Waals surface area contributed by atoms with Crippen LogP contribution in [0.15, 0.2) is 46.9 Å². The number of ether oxygens (including phenoxy) is 1. The van der Waals surface area contributed by atoms with Crippen LogP contribution in [0.25, 0.3) is 0 Å². The summed E-state index contributed by atoms with van der Waals surface area (Å²) in [6.07, 6.45) is 0. The van der Waals surface area contributed by atoms with Crippen LogP contribution in [0.5, 0.6) is 5.75 Å². The number of halogens is 2.